The zero-order valence-electron chi connectivity index (χ0n) is 10.7. The third kappa shape index (κ3) is 4.38. The van der Waals surface area contributed by atoms with Crippen molar-refractivity contribution < 1.29 is 4.79 Å². The zero-order valence-corrected chi connectivity index (χ0v) is 10.7. The van der Waals surface area contributed by atoms with Gasteiger partial charge in [0.2, 0.25) is 5.91 Å². The molecule has 0 aliphatic heterocycles. The first-order chi connectivity index (χ1) is 7.56. The van der Waals surface area contributed by atoms with Crippen molar-refractivity contribution in [3.05, 3.63) is 18.6 Å². The van der Waals surface area contributed by atoms with Gasteiger partial charge in [-0.25, -0.2) is 4.98 Å². The standard InChI is InChI=1S/C10H15N3O.C2H6/c1-4-10(2,3)9(14)13-8-7-11-5-6-12-8;1-2/h5-7H,4H2,1-3H3,(H,12,13,14);1-2H3. The Balaban J connectivity index is 0.00000106. The van der Waals surface area contributed by atoms with Gasteiger partial charge in [0.1, 0.15) is 0 Å². The number of carbonyl (C=O) groups excluding carboxylic acids is 1. The van der Waals surface area contributed by atoms with Gasteiger partial charge in [-0.15, -0.1) is 0 Å². The Bertz CT molecular complexity index is 309. The Morgan fingerprint density at radius 1 is 1.38 bits per heavy atom. The van der Waals surface area contributed by atoms with Gasteiger partial charge in [0.25, 0.3) is 0 Å². The minimum absolute atomic E-state index is 0.0273. The quantitative estimate of drug-likeness (QED) is 0.857. The summed E-state index contributed by atoms with van der Waals surface area (Å²) in [5.41, 5.74) is -0.364. The molecule has 0 saturated heterocycles. The molecule has 0 radical (unpaired) electrons. The predicted octanol–water partition coefficient (Wildman–Crippen LogP) is 2.88. The van der Waals surface area contributed by atoms with E-state index in [1.807, 2.05) is 34.6 Å². The summed E-state index contributed by atoms with van der Waals surface area (Å²) in [5.74, 6) is 0.472. The van der Waals surface area contributed by atoms with Crippen LogP contribution in [0.5, 0.6) is 0 Å². The van der Waals surface area contributed by atoms with Crippen LogP contribution in [0.1, 0.15) is 41.0 Å². The smallest absolute Gasteiger partial charge is 0.231 e. The molecule has 0 aliphatic rings. The minimum Gasteiger partial charge on any atom is -0.309 e. The van der Waals surface area contributed by atoms with Crippen LogP contribution in [0.4, 0.5) is 5.82 Å². The molecular formula is C12H21N3O. The van der Waals surface area contributed by atoms with Crippen LogP contribution in [-0.2, 0) is 4.79 Å². The van der Waals surface area contributed by atoms with Crippen molar-refractivity contribution >= 4 is 11.7 Å². The second-order valence-electron chi connectivity index (χ2n) is 3.78. The molecule has 90 valence electrons. The van der Waals surface area contributed by atoms with E-state index in [2.05, 4.69) is 15.3 Å². The normalized spacial score (nSPS) is 10.1. The van der Waals surface area contributed by atoms with Crippen LogP contribution in [0.15, 0.2) is 18.6 Å². The van der Waals surface area contributed by atoms with E-state index in [1.54, 1.807) is 12.4 Å². The van der Waals surface area contributed by atoms with Crippen molar-refractivity contribution in [1.82, 2.24) is 9.97 Å². The minimum atomic E-state index is -0.364. The van der Waals surface area contributed by atoms with Crippen molar-refractivity contribution in [2.24, 2.45) is 5.41 Å². The molecule has 0 unspecified atom stereocenters. The molecule has 1 aromatic rings. The Kier molecular flexibility index (Phi) is 6.30. The summed E-state index contributed by atoms with van der Waals surface area (Å²) in [6.07, 6.45) is 5.44. The summed E-state index contributed by atoms with van der Waals surface area (Å²) in [4.78, 5) is 19.5. The summed E-state index contributed by atoms with van der Waals surface area (Å²) in [6.45, 7) is 9.79. The van der Waals surface area contributed by atoms with Crippen molar-refractivity contribution in [2.45, 2.75) is 41.0 Å². The average molecular weight is 223 g/mol. The number of aromatic nitrogens is 2. The monoisotopic (exact) mass is 223 g/mol. The topological polar surface area (TPSA) is 54.9 Å². The van der Waals surface area contributed by atoms with Gasteiger partial charge < -0.3 is 5.32 Å². The first-order valence-corrected chi connectivity index (χ1v) is 5.63. The van der Waals surface area contributed by atoms with Crippen LogP contribution in [0.2, 0.25) is 0 Å². The molecule has 1 heterocycles. The molecule has 0 spiro atoms. The summed E-state index contributed by atoms with van der Waals surface area (Å²) < 4.78 is 0. The lowest BCUT2D eigenvalue weighted by Gasteiger charge is -2.20. The fraction of sp³-hybridized carbons (Fsp3) is 0.583. The van der Waals surface area contributed by atoms with Crippen LogP contribution in [-0.4, -0.2) is 15.9 Å². The Labute approximate surface area is 97.5 Å². The van der Waals surface area contributed by atoms with Gasteiger partial charge in [0.05, 0.1) is 6.20 Å². The highest BCUT2D eigenvalue weighted by atomic mass is 16.2. The SMILES string of the molecule is CC.CCC(C)(C)C(=O)Nc1cnccn1. The molecule has 1 amide bonds. The van der Waals surface area contributed by atoms with E-state index >= 15 is 0 Å². The number of hydrogen-bond donors (Lipinski definition) is 1. The summed E-state index contributed by atoms with van der Waals surface area (Å²) in [6, 6.07) is 0. The lowest BCUT2D eigenvalue weighted by atomic mass is 9.89. The van der Waals surface area contributed by atoms with Crippen molar-refractivity contribution in [2.75, 3.05) is 5.32 Å². The van der Waals surface area contributed by atoms with Crippen LogP contribution in [0.25, 0.3) is 0 Å². The van der Waals surface area contributed by atoms with E-state index in [4.69, 9.17) is 0 Å². The molecule has 1 N–H and O–H groups in total. The molecule has 0 fully saturated rings. The second-order valence-corrected chi connectivity index (χ2v) is 3.78. The van der Waals surface area contributed by atoms with Gasteiger partial charge in [-0.2, -0.15) is 0 Å². The molecule has 0 aromatic carbocycles. The molecule has 0 atom stereocenters. The van der Waals surface area contributed by atoms with Crippen LogP contribution < -0.4 is 5.32 Å². The number of carbonyl (C=O) groups is 1. The Morgan fingerprint density at radius 3 is 2.44 bits per heavy atom. The molecule has 4 heteroatoms. The van der Waals surface area contributed by atoms with Crippen molar-refractivity contribution in [3.63, 3.8) is 0 Å². The Hall–Kier alpha value is -1.45. The third-order valence-electron chi connectivity index (χ3n) is 2.30. The maximum Gasteiger partial charge on any atom is 0.231 e. The van der Waals surface area contributed by atoms with Crippen molar-refractivity contribution in [3.8, 4) is 0 Å². The largest absolute Gasteiger partial charge is 0.309 e. The van der Waals surface area contributed by atoms with Gasteiger partial charge in [-0.05, 0) is 6.42 Å². The van der Waals surface area contributed by atoms with Crippen LogP contribution >= 0.6 is 0 Å². The highest BCUT2D eigenvalue weighted by molar-refractivity contribution is 5.93. The summed E-state index contributed by atoms with van der Waals surface area (Å²) in [5, 5.41) is 2.72. The average Bonchev–Trinajstić information content (AvgIpc) is 2.33. The first-order valence-electron chi connectivity index (χ1n) is 5.63. The summed E-state index contributed by atoms with van der Waals surface area (Å²) >= 11 is 0. The second kappa shape index (κ2) is 6.93. The van der Waals surface area contributed by atoms with Gasteiger partial charge in [-0.1, -0.05) is 34.6 Å². The number of nitrogens with zero attached hydrogens (tertiary/aromatic N) is 2. The molecule has 4 nitrogen and oxygen atoms in total. The zero-order chi connectivity index (χ0) is 12.6. The highest BCUT2D eigenvalue weighted by Crippen LogP contribution is 2.21. The van der Waals surface area contributed by atoms with Crippen molar-refractivity contribution in [1.29, 1.82) is 0 Å². The number of anilines is 1. The van der Waals surface area contributed by atoms with E-state index in [0.29, 0.717) is 5.82 Å². The van der Waals surface area contributed by atoms with Crippen LogP contribution in [0.3, 0.4) is 0 Å². The lowest BCUT2D eigenvalue weighted by Crippen LogP contribution is -2.30. The molecule has 0 saturated carbocycles. The van der Waals surface area contributed by atoms with Crippen LogP contribution in [0, 0.1) is 5.41 Å². The van der Waals surface area contributed by atoms with E-state index in [1.165, 1.54) is 6.20 Å². The molecule has 0 bridgehead atoms. The number of nitrogens with one attached hydrogen (secondary N) is 1. The number of rotatable bonds is 3. The highest BCUT2D eigenvalue weighted by Gasteiger charge is 2.25. The molecule has 16 heavy (non-hydrogen) atoms. The van der Waals surface area contributed by atoms with E-state index < -0.39 is 0 Å². The van der Waals surface area contributed by atoms with Gasteiger partial charge >= 0.3 is 0 Å². The van der Waals surface area contributed by atoms with E-state index in [0.717, 1.165) is 6.42 Å². The van der Waals surface area contributed by atoms with Gasteiger partial charge in [-0.3, -0.25) is 9.78 Å². The molecule has 1 rings (SSSR count). The number of amides is 1. The lowest BCUT2D eigenvalue weighted by molar-refractivity contribution is -0.124. The fourth-order valence-electron chi connectivity index (χ4n) is 0.810. The molecule has 0 aliphatic carbocycles. The van der Waals surface area contributed by atoms with Gasteiger partial charge in [0, 0.05) is 17.8 Å². The Morgan fingerprint density at radius 2 is 2.00 bits per heavy atom. The third-order valence-corrected chi connectivity index (χ3v) is 2.30. The predicted molar refractivity (Wildman–Crippen MR) is 66.1 cm³/mol. The maximum atomic E-state index is 11.7. The van der Waals surface area contributed by atoms with E-state index in [-0.39, 0.29) is 11.3 Å². The molecule has 1 aromatic heterocycles. The fourth-order valence-corrected chi connectivity index (χ4v) is 0.810. The van der Waals surface area contributed by atoms with Gasteiger partial charge in [0.15, 0.2) is 5.82 Å². The number of hydrogen-bond acceptors (Lipinski definition) is 3. The maximum absolute atomic E-state index is 11.7. The first kappa shape index (κ1) is 14.6. The summed E-state index contributed by atoms with van der Waals surface area (Å²) in [7, 11) is 0. The van der Waals surface area contributed by atoms with E-state index in [9.17, 15) is 4.79 Å². The molecular weight excluding hydrogens is 202 g/mol.